The first-order chi connectivity index (χ1) is 12.7. The van der Waals surface area contributed by atoms with Crippen LogP contribution < -0.4 is 0 Å². The number of fused-ring (bicyclic) bond motifs is 4. The zero-order valence-corrected chi connectivity index (χ0v) is 15.5. The highest BCUT2D eigenvalue weighted by Crippen LogP contribution is 2.49. The predicted molar refractivity (Wildman–Crippen MR) is 111 cm³/mol. The lowest BCUT2D eigenvalue weighted by Crippen LogP contribution is -2.10. The Morgan fingerprint density at radius 1 is 0.808 bits per heavy atom. The van der Waals surface area contributed by atoms with Crippen LogP contribution in [-0.4, -0.2) is 0 Å². The van der Waals surface area contributed by atoms with Crippen LogP contribution in [0, 0.1) is 0 Å². The summed E-state index contributed by atoms with van der Waals surface area (Å²) in [5.41, 5.74) is 11.8. The molecule has 2 aromatic carbocycles. The van der Waals surface area contributed by atoms with E-state index >= 15 is 0 Å². The second-order valence-electron chi connectivity index (χ2n) is 7.83. The number of rotatable bonds is 3. The Morgan fingerprint density at radius 2 is 1.54 bits per heavy atom. The summed E-state index contributed by atoms with van der Waals surface area (Å²) < 4.78 is 0. The van der Waals surface area contributed by atoms with E-state index in [9.17, 15) is 0 Å². The number of allylic oxidation sites excluding steroid dienone is 6. The van der Waals surface area contributed by atoms with Gasteiger partial charge in [-0.3, -0.25) is 0 Å². The molecule has 0 saturated carbocycles. The normalized spacial score (nSPS) is 22.7. The minimum atomic E-state index is 0.469. The van der Waals surface area contributed by atoms with Gasteiger partial charge in [0.2, 0.25) is 0 Å². The lowest BCUT2D eigenvalue weighted by atomic mass is 9.76. The highest BCUT2D eigenvalue weighted by atomic mass is 14.4. The molecule has 26 heavy (non-hydrogen) atoms. The summed E-state index contributed by atoms with van der Waals surface area (Å²) in [5.74, 6) is 1.03. The smallest absolute Gasteiger partial charge is 0.0313 e. The summed E-state index contributed by atoms with van der Waals surface area (Å²) in [6.07, 6.45) is 11.8. The van der Waals surface area contributed by atoms with E-state index in [1.54, 1.807) is 5.57 Å². The van der Waals surface area contributed by atoms with Crippen LogP contribution in [0.2, 0.25) is 0 Å². The van der Waals surface area contributed by atoms with E-state index in [-0.39, 0.29) is 0 Å². The summed E-state index contributed by atoms with van der Waals surface area (Å²) in [4.78, 5) is 0. The highest BCUT2D eigenvalue weighted by molar-refractivity contribution is 5.73. The molecule has 128 valence electrons. The molecule has 0 fully saturated rings. The van der Waals surface area contributed by atoms with Gasteiger partial charge >= 0.3 is 0 Å². The van der Waals surface area contributed by atoms with Gasteiger partial charge in [-0.15, -0.1) is 0 Å². The third-order valence-electron chi connectivity index (χ3n) is 6.30. The van der Waals surface area contributed by atoms with Crippen LogP contribution in [0.1, 0.15) is 60.8 Å². The van der Waals surface area contributed by atoms with Crippen LogP contribution in [0.5, 0.6) is 0 Å². The molecule has 2 atom stereocenters. The Kier molecular flexibility index (Phi) is 3.60. The van der Waals surface area contributed by atoms with Crippen LogP contribution in [-0.2, 0) is 0 Å². The fourth-order valence-electron chi connectivity index (χ4n) is 4.97. The molecule has 3 aliphatic carbocycles. The Hall–Kier alpha value is -2.60. The molecule has 0 N–H and O–H groups in total. The Bertz CT molecular complexity index is 1010. The van der Waals surface area contributed by atoms with Crippen molar-refractivity contribution in [2.45, 2.75) is 38.5 Å². The maximum Gasteiger partial charge on any atom is 0.0313 e. The van der Waals surface area contributed by atoms with Crippen molar-refractivity contribution in [1.29, 1.82) is 0 Å². The fraction of sp³-hybridized carbons (Fsp3) is 0.231. The first-order valence-corrected chi connectivity index (χ1v) is 9.68. The molecule has 3 aliphatic rings. The maximum absolute atomic E-state index is 2.43. The van der Waals surface area contributed by atoms with Crippen molar-refractivity contribution in [3.63, 3.8) is 0 Å². The minimum Gasteiger partial charge on any atom is -0.0764 e. The van der Waals surface area contributed by atoms with E-state index < -0.39 is 0 Å². The Labute approximate surface area is 156 Å². The maximum atomic E-state index is 2.43. The van der Waals surface area contributed by atoms with Gasteiger partial charge < -0.3 is 0 Å². The molecule has 0 spiro atoms. The minimum absolute atomic E-state index is 0.469. The lowest BCUT2D eigenvalue weighted by molar-refractivity contribution is 0.707. The van der Waals surface area contributed by atoms with Gasteiger partial charge in [0.1, 0.15) is 0 Å². The van der Waals surface area contributed by atoms with E-state index in [4.69, 9.17) is 0 Å². The molecule has 5 rings (SSSR count). The first kappa shape index (κ1) is 15.6. The second kappa shape index (κ2) is 5.99. The van der Waals surface area contributed by atoms with Crippen molar-refractivity contribution < 1.29 is 0 Å². The van der Waals surface area contributed by atoms with Gasteiger partial charge in [-0.1, -0.05) is 84.0 Å². The SMILES string of the molecule is CC1=Cc2ccccc2C2C1=CC(C)=C2CCC1C=Cc2ccccc21. The predicted octanol–water partition coefficient (Wildman–Crippen LogP) is 7.03. The molecule has 0 radical (unpaired) electrons. The van der Waals surface area contributed by atoms with Gasteiger partial charge in [0.15, 0.2) is 0 Å². The van der Waals surface area contributed by atoms with Crippen molar-refractivity contribution in [3.8, 4) is 0 Å². The van der Waals surface area contributed by atoms with Crippen LogP contribution in [0.15, 0.2) is 83.0 Å². The second-order valence-corrected chi connectivity index (χ2v) is 7.83. The molecule has 0 amide bonds. The molecular weight excluding hydrogens is 312 g/mol. The molecule has 0 aromatic heterocycles. The largest absolute Gasteiger partial charge is 0.0764 e. The quantitative estimate of drug-likeness (QED) is 0.564. The molecule has 0 heteroatoms. The van der Waals surface area contributed by atoms with Gasteiger partial charge in [0, 0.05) is 11.8 Å². The topological polar surface area (TPSA) is 0 Å². The first-order valence-electron chi connectivity index (χ1n) is 9.68. The third kappa shape index (κ3) is 2.36. The molecule has 0 bridgehead atoms. The summed E-state index contributed by atoms with van der Waals surface area (Å²) >= 11 is 0. The zero-order valence-electron chi connectivity index (χ0n) is 15.5. The molecule has 0 heterocycles. The average Bonchev–Trinajstić information content (AvgIpc) is 3.21. The summed E-state index contributed by atoms with van der Waals surface area (Å²) in [5, 5.41) is 0. The van der Waals surface area contributed by atoms with Crippen LogP contribution in [0.25, 0.3) is 12.2 Å². The molecule has 0 saturated heterocycles. The van der Waals surface area contributed by atoms with E-state index in [0.29, 0.717) is 11.8 Å². The number of hydrogen-bond donors (Lipinski definition) is 0. The molecule has 0 aliphatic heterocycles. The van der Waals surface area contributed by atoms with Crippen molar-refractivity contribution in [2.24, 2.45) is 0 Å². The van der Waals surface area contributed by atoms with Crippen LogP contribution in [0.3, 0.4) is 0 Å². The highest BCUT2D eigenvalue weighted by Gasteiger charge is 2.32. The van der Waals surface area contributed by atoms with Crippen LogP contribution in [0.4, 0.5) is 0 Å². The average molecular weight is 336 g/mol. The third-order valence-corrected chi connectivity index (χ3v) is 6.30. The van der Waals surface area contributed by atoms with E-state index in [1.807, 2.05) is 0 Å². The Morgan fingerprint density at radius 3 is 2.38 bits per heavy atom. The van der Waals surface area contributed by atoms with Crippen molar-refractivity contribution in [1.82, 2.24) is 0 Å². The molecule has 2 unspecified atom stereocenters. The van der Waals surface area contributed by atoms with E-state index in [2.05, 4.69) is 86.7 Å². The monoisotopic (exact) mass is 336 g/mol. The molecule has 2 aromatic rings. The fourth-order valence-corrected chi connectivity index (χ4v) is 4.97. The van der Waals surface area contributed by atoms with Crippen molar-refractivity contribution in [2.75, 3.05) is 0 Å². The van der Waals surface area contributed by atoms with Gasteiger partial charge in [0.25, 0.3) is 0 Å². The van der Waals surface area contributed by atoms with Crippen molar-refractivity contribution >= 4 is 12.2 Å². The van der Waals surface area contributed by atoms with Crippen molar-refractivity contribution in [3.05, 3.63) is 105 Å². The standard InChI is InChI=1S/C26H24/c1-17-15-21-8-4-6-10-24(21)26-22(18(2)16-25(17)26)14-13-20-12-11-19-7-3-5-9-23(19)20/h3-12,15-16,20,26H,13-14H2,1-2H3. The summed E-state index contributed by atoms with van der Waals surface area (Å²) in [6, 6.07) is 17.8. The molecular formula is C26H24. The van der Waals surface area contributed by atoms with Gasteiger partial charge in [-0.25, -0.2) is 0 Å². The van der Waals surface area contributed by atoms with E-state index in [1.165, 1.54) is 51.8 Å². The van der Waals surface area contributed by atoms with E-state index in [0.717, 1.165) is 0 Å². The van der Waals surface area contributed by atoms with Crippen LogP contribution >= 0.6 is 0 Å². The zero-order chi connectivity index (χ0) is 17.7. The number of hydrogen-bond acceptors (Lipinski definition) is 0. The van der Waals surface area contributed by atoms with Gasteiger partial charge in [-0.2, -0.15) is 0 Å². The van der Waals surface area contributed by atoms with Gasteiger partial charge in [0.05, 0.1) is 0 Å². The molecule has 0 nitrogen and oxygen atoms in total. The number of benzene rings is 2. The lowest BCUT2D eigenvalue weighted by Gasteiger charge is -2.27. The van der Waals surface area contributed by atoms with Gasteiger partial charge in [-0.05, 0) is 60.1 Å². The summed E-state index contributed by atoms with van der Waals surface area (Å²) in [6.45, 7) is 4.57. The summed E-state index contributed by atoms with van der Waals surface area (Å²) in [7, 11) is 0. The Balaban J connectivity index is 1.44.